The van der Waals surface area contributed by atoms with Gasteiger partial charge in [-0.2, -0.15) is 5.10 Å². The summed E-state index contributed by atoms with van der Waals surface area (Å²) in [5.41, 5.74) is 1.46. The molecule has 1 N–H and O–H groups in total. The van der Waals surface area contributed by atoms with E-state index in [-0.39, 0.29) is 11.8 Å². The molecule has 1 aliphatic rings. The summed E-state index contributed by atoms with van der Waals surface area (Å²) in [6, 6.07) is 12.0. The van der Waals surface area contributed by atoms with Gasteiger partial charge in [0, 0.05) is 56.4 Å². The Morgan fingerprint density at radius 2 is 2.00 bits per heavy atom. The number of rotatable bonds is 7. The summed E-state index contributed by atoms with van der Waals surface area (Å²) in [6.45, 7) is 3.40. The quantitative estimate of drug-likeness (QED) is 0.446. The van der Waals surface area contributed by atoms with Crippen molar-refractivity contribution in [2.75, 3.05) is 43.0 Å². The Morgan fingerprint density at radius 1 is 1.16 bits per heavy atom. The molecule has 0 aliphatic carbocycles. The fourth-order valence-corrected chi connectivity index (χ4v) is 3.40. The van der Waals surface area contributed by atoms with Crippen LogP contribution in [0.1, 0.15) is 0 Å². The largest absolute Gasteiger partial charge is 0.492 e. The molecular weight excluding hydrogens is 414 g/mol. The topological polar surface area (TPSA) is 119 Å². The van der Waals surface area contributed by atoms with Gasteiger partial charge in [0.05, 0.1) is 12.2 Å². The lowest BCUT2D eigenvalue weighted by molar-refractivity contribution is -0.389. The lowest BCUT2D eigenvalue weighted by Gasteiger charge is -2.35. The van der Waals surface area contributed by atoms with E-state index in [1.165, 1.54) is 12.3 Å². The van der Waals surface area contributed by atoms with Gasteiger partial charge >= 0.3 is 11.8 Å². The standard InChI is InChI=1S/C21H23N7O4/c29-21(24-17-3-1-4-19(15-17)32-14-13-27-8-2-7-23-27)26-11-9-25(10-12-26)18-5-6-20(22-16-18)28(30)31/h1-8,15-16H,9-14H2,(H,24,29). The van der Waals surface area contributed by atoms with E-state index in [1.54, 1.807) is 27.9 Å². The zero-order valence-corrected chi connectivity index (χ0v) is 17.3. The van der Waals surface area contributed by atoms with E-state index in [9.17, 15) is 14.9 Å². The van der Waals surface area contributed by atoms with Gasteiger partial charge in [-0.25, -0.2) is 4.79 Å². The normalized spacial score (nSPS) is 13.6. The molecule has 1 aromatic carbocycles. The third kappa shape index (κ3) is 5.31. The number of nitrogens with zero attached hydrogens (tertiary/aromatic N) is 6. The Morgan fingerprint density at radius 3 is 2.69 bits per heavy atom. The maximum atomic E-state index is 12.7. The smallest absolute Gasteiger partial charge is 0.363 e. The second-order valence-corrected chi connectivity index (χ2v) is 7.18. The third-order valence-electron chi connectivity index (χ3n) is 5.08. The van der Waals surface area contributed by atoms with Gasteiger partial charge in [0.25, 0.3) is 0 Å². The van der Waals surface area contributed by atoms with Crippen molar-refractivity contribution in [3.8, 4) is 5.75 Å². The molecule has 1 fully saturated rings. The van der Waals surface area contributed by atoms with Crippen LogP contribution in [0.4, 0.5) is 22.0 Å². The highest BCUT2D eigenvalue weighted by Gasteiger charge is 2.22. The van der Waals surface area contributed by atoms with Crippen LogP contribution in [0, 0.1) is 10.1 Å². The van der Waals surface area contributed by atoms with Gasteiger partial charge < -0.3 is 30.0 Å². The second kappa shape index (κ2) is 9.77. The molecule has 11 nitrogen and oxygen atoms in total. The molecule has 0 bridgehead atoms. The van der Waals surface area contributed by atoms with Crippen LogP contribution < -0.4 is 15.0 Å². The molecule has 0 saturated carbocycles. The Balaban J connectivity index is 1.26. The number of hydrogen-bond acceptors (Lipinski definition) is 7. The van der Waals surface area contributed by atoms with Gasteiger partial charge in [0.1, 0.15) is 12.4 Å². The molecule has 11 heteroatoms. The van der Waals surface area contributed by atoms with Crippen LogP contribution in [0.3, 0.4) is 0 Å². The Hall–Kier alpha value is -4.15. The number of benzene rings is 1. The number of aromatic nitrogens is 3. The summed E-state index contributed by atoms with van der Waals surface area (Å²) in [5, 5.41) is 17.8. The predicted octanol–water partition coefficient (Wildman–Crippen LogP) is 2.62. The first kappa shape index (κ1) is 21.1. The molecular formula is C21H23N7O4. The van der Waals surface area contributed by atoms with E-state index in [2.05, 4.69) is 20.3 Å². The SMILES string of the molecule is O=C(Nc1cccc(OCCn2cccn2)c1)N1CCN(c2ccc([N+](=O)[O-])nc2)CC1. The summed E-state index contributed by atoms with van der Waals surface area (Å²) in [5.74, 6) is 0.491. The van der Waals surface area contributed by atoms with Crippen LogP contribution in [0.25, 0.3) is 0 Å². The Bertz CT molecular complexity index is 1050. The maximum absolute atomic E-state index is 12.7. The summed E-state index contributed by atoms with van der Waals surface area (Å²) >= 11 is 0. The first-order valence-electron chi connectivity index (χ1n) is 10.2. The molecule has 0 unspecified atom stereocenters. The molecule has 0 spiro atoms. The van der Waals surface area contributed by atoms with Crippen LogP contribution in [0.2, 0.25) is 0 Å². The molecule has 3 aromatic rings. The van der Waals surface area contributed by atoms with Crippen LogP contribution >= 0.6 is 0 Å². The van der Waals surface area contributed by atoms with Crippen molar-refractivity contribution in [3.63, 3.8) is 0 Å². The highest BCUT2D eigenvalue weighted by Crippen LogP contribution is 2.20. The lowest BCUT2D eigenvalue weighted by atomic mass is 10.2. The molecule has 0 radical (unpaired) electrons. The molecule has 4 rings (SSSR count). The van der Waals surface area contributed by atoms with E-state index in [4.69, 9.17) is 4.74 Å². The maximum Gasteiger partial charge on any atom is 0.363 e. The van der Waals surface area contributed by atoms with Crippen molar-refractivity contribution in [2.45, 2.75) is 6.54 Å². The van der Waals surface area contributed by atoms with Crippen molar-refractivity contribution in [1.82, 2.24) is 19.7 Å². The fourth-order valence-electron chi connectivity index (χ4n) is 3.40. The Labute approximate surface area is 184 Å². The number of ether oxygens (including phenoxy) is 1. The second-order valence-electron chi connectivity index (χ2n) is 7.18. The minimum absolute atomic E-state index is 0.180. The lowest BCUT2D eigenvalue weighted by Crippen LogP contribution is -2.50. The van der Waals surface area contributed by atoms with E-state index in [0.29, 0.717) is 50.8 Å². The first-order valence-corrected chi connectivity index (χ1v) is 10.2. The number of nitrogens with one attached hydrogen (secondary N) is 1. The molecule has 0 atom stereocenters. The molecule has 3 heterocycles. The molecule has 2 aromatic heterocycles. The number of hydrogen-bond donors (Lipinski definition) is 1. The molecule has 1 aliphatic heterocycles. The van der Waals surface area contributed by atoms with Crippen LogP contribution in [0.15, 0.2) is 61.1 Å². The minimum atomic E-state index is -0.522. The zero-order chi connectivity index (χ0) is 22.3. The van der Waals surface area contributed by atoms with Gasteiger partial charge in [0.15, 0.2) is 6.20 Å². The van der Waals surface area contributed by atoms with E-state index in [0.717, 1.165) is 5.69 Å². The molecule has 2 amide bonds. The molecule has 166 valence electrons. The number of amides is 2. The van der Waals surface area contributed by atoms with Gasteiger partial charge in [-0.1, -0.05) is 6.07 Å². The average Bonchev–Trinajstić information content (AvgIpc) is 3.33. The highest BCUT2D eigenvalue weighted by molar-refractivity contribution is 5.89. The van der Waals surface area contributed by atoms with Gasteiger partial charge in [-0.3, -0.25) is 4.68 Å². The van der Waals surface area contributed by atoms with Crippen molar-refractivity contribution < 1.29 is 14.5 Å². The summed E-state index contributed by atoms with van der Waals surface area (Å²) < 4.78 is 7.54. The zero-order valence-electron chi connectivity index (χ0n) is 17.3. The number of carbonyl (C=O) groups is 1. The van der Waals surface area contributed by atoms with E-state index in [1.807, 2.05) is 30.5 Å². The number of piperazine rings is 1. The highest BCUT2D eigenvalue weighted by atomic mass is 16.6. The fraction of sp³-hybridized carbons (Fsp3) is 0.286. The number of carbonyl (C=O) groups excluding carboxylic acids is 1. The first-order chi connectivity index (χ1) is 15.6. The van der Waals surface area contributed by atoms with Crippen molar-refractivity contribution in [3.05, 3.63) is 71.2 Å². The van der Waals surface area contributed by atoms with E-state index >= 15 is 0 Å². The Kier molecular flexibility index (Phi) is 6.44. The summed E-state index contributed by atoms with van der Waals surface area (Å²) in [7, 11) is 0. The van der Waals surface area contributed by atoms with Crippen molar-refractivity contribution in [2.24, 2.45) is 0 Å². The number of pyridine rings is 1. The summed E-state index contributed by atoms with van der Waals surface area (Å²) in [4.78, 5) is 30.5. The monoisotopic (exact) mass is 437 g/mol. The predicted molar refractivity (Wildman–Crippen MR) is 118 cm³/mol. The van der Waals surface area contributed by atoms with Crippen LogP contribution in [-0.2, 0) is 6.54 Å². The van der Waals surface area contributed by atoms with Gasteiger partial charge in [0.2, 0.25) is 0 Å². The number of anilines is 2. The third-order valence-corrected chi connectivity index (χ3v) is 5.08. The average molecular weight is 437 g/mol. The van der Waals surface area contributed by atoms with Gasteiger partial charge in [-0.05, 0) is 34.2 Å². The van der Waals surface area contributed by atoms with E-state index < -0.39 is 4.92 Å². The number of urea groups is 1. The van der Waals surface area contributed by atoms with Gasteiger partial charge in [-0.15, -0.1) is 0 Å². The summed E-state index contributed by atoms with van der Waals surface area (Å²) in [6.07, 6.45) is 5.09. The number of nitro groups is 1. The minimum Gasteiger partial charge on any atom is -0.492 e. The van der Waals surface area contributed by atoms with Crippen molar-refractivity contribution in [1.29, 1.82) is 0 Å². The van der Waals surface area contributed by atoms with Crippen LogP contribution in [0.5, 0.6) is 5.75 Å². The molecule has 1 saturated heterocycles. The van der Waals surface area contributed by atoms with Crippen LogP contribution in [-0.4, -0.2) is 63.4 Å². The van der Waals surface area contributed by atoms with Crippen molar-refractivity contribution >= 4 is 23.2 Å². The molecule has 32 heavy (non-hydrogen) atoms.